The molecule has 0 atom stereocenters. The normalized spacial score (nSPS) is 18.0. The van der Waals surface area contributed by atoms with Gasteiger partial charge in [-0.15, -0.1) is 0 Å². The van der Waals surface area contributed by atoms with Gasteiger partial charge in [-0.25, -0.2) is 17.6 Å². The second kappa shape index (κ2) is 9.46. The number of benzene rings is 1. The minimum Gasteiger partial charge on any atom is -0.299 e. The summed E-state index contributed by atoms with van der Waals surface area (Å²) < 4.78 is 55.5. The smallest absolute Gasteiger partial charge is 0.270 e. The van der Waals surface area contributed by atoms with E-state index in [-0.39, 0.29) is 11.1 Å². The van der Waals surface area contributed by atoms with Gasteiger partial charge in [0.25, 0.3) is 11.8 Å². The van der Waals surface area contributed by atoms with Crippen molar-refractivity contribution in [2.45, 2.75) is 65.9 Å². The maximum Gasteiger partial charge on any atom is 0.270 e. The molecule has 0 saturated carbocycles. The molecule has 2 nitrogen and oxygen atoms in total. The first-order valence-electron chi connectivity index (χ1n) is 10.3. The predicted octanol–water partition coefficient (Wildman–Crippen LogP) is 7.06. The molecule has 6 heteroatoms. The Balaban J connectivity index is 2.09. The molecule has 1 heterocycles. The summed E-state index contributed by atoms with van der Waals surface area (Å²) in [5.41, 5.74) is 2.56. The van der Waals surface area contributed by atoms with Crippen molar-refractivity contribution >= 4 is 5.71 Å². The van der Waals surface area contributed by atoms with E-state index in [4.69, 9.17) is 0 Å². The van der Waals surface area contributed by atoms with Crippen LogP contribution in [0.15, 0.2) is 47.1 Å². The lowest BCUT2D eigenvalue weighted by Gasteiger charge is -2.32. The summed E-state index contributed by atoms with van der Waals surface area (Å²) in [6.07, 6.45) is 4.06. The molecule has 0 N–H and O–H groups in total. The molecule has 0 spiro atoms. The van der Waals surface area contributed by atoms with E-state index in [1.54, 1.807) is 0 Å². The SMILES string of the molecule is C=C(C)N=C(C)/C(C)=C/C1CCN(Cc2ccc(C(C)(F)F)cc2C(C)(F)F)CC1. The lowest BCUT2D eigenvalue weighted by molar-refractivity contribution is 0.00938. The van der Waals surface area contributed by atoms with Crippen LogP contribution in [-0.2, 0) is 18.4 Å². The van der Waals surface area contributed by atoms with E-state index in [0.717, 1.165) is 62.8 Å². The Kier molecular flexibility index (Phi) is 7.67. The van der Waals surface area contributed by atoms with Gasteiger partial charge >= 0.3 is 0 Å². The summed E-state index contributed by atoms with van der Waals surface area (Å²) in [4.78, 5) is 6.50. The number of nitrogens with zero attached hydrogens (tertiary/aromatic N) is 2. The summed E-state index contributed by atoms with van der Waals surface area (Å²) >= 11 is 0. The van der Waals surface area contributed by atoms with Gasteiger partial charge in [0.05, 0.1) is 0 Å². The van der Waals surface area contributed by atoms with Gasteiger partial charge in [0.1, 0.15) is 0 Å². The molecule has 0 aliphatic carbocycles. The van der Waals surface area contributed by atoms with Crippen LogP contribution in [0.4, 0.5) is 17.6 Å². The second-order valence-corrected chi connectivity index (χ2v) is 8.54. The highest BCUT2D eigenvalue weighted by molar-refractivity contribution is 5.98. The molecule has 0 bridgehead atoms. The molecule has 0 amide bonds. The standard InChI is InChI=1S/C24H32F4N2/c1-16(2)29-18(4)17(3)13-19-9-11-30(12-10-19)15-20-7-8-21(23(5,25)26)14-22(20)24(6,27)28/h7-8,13-14,19H,1,9-12,15H2,2-6H3/b17-13+,29-18?. The van der Waals surface area contributed by atoms with Crippen LogP contribution in [0.3, 0.4) is 0 Å². The predicted molar refractivity (Wildman–Crippen MR) is 115 cm³/mol. The van der Waals surface area contributed by atoms with Crippen molar-refractivity contribution in [1.29, 1.82) is 0 Å². The van der Waals surface area contributed by atoms with E-state index in [1.807, 2.05) is 20.8 Å². The Hall–Kier alpha value is -1.95. The average molecular weight is 425 g/mol. The third-order valence-electron chi connectivity index (χ3n) is 5.53. The molecule has 1 aliphatic rings. The van der Waals surface area contributed by atoms with Gasteiger partial charge in [-0.05, 0) is 69.8 Å². The fraction of sp³-hybridized carbons (Fsp3) is 0.542. The van der Waals surface area contributed by atoms with Crippen LogP contribution < -0.4 is 0 Å². The van der Waals surface area contributed by atoms with Gasteiger partial charge in [-0.3, -0.25) is 9.89 Å². The first-order valence-corrected chi connectivity index (χ1v) is 10.3. The van der Waals surface area contributed by atoms with E-state index in [0.29, 0.717) is 18.0 Å². The van der Waals surface area contributed by atoms with Crippen LogP contribution in [0, 0.1) is 5.92 Å². The molecule has 30 heavy (non-hydrogen) atoms. The van der Waals surface area contributed by atoms with E-state index < -0.39 is 11.8 Å². The van der Waals surface area contributed by atoms with E-state index in [2.05, 4.69) is 22.5 Å². The Labute approximate surface area is 177 Å². The molecule has 1 fully saturated rings. The molecule has 0 aromatic heterocycles. The van der Waals surface area contributed by atoms with Crippen LogP contribution in [0.2, 0.25) is 0 Å². The van der Waals surface area contributed by atoms with Crippen LogP contribution in [0.1, 0.15) is 64.2 Å². The molecule has 1 aliphatic heterocycles. The van der Waals surface area contributed by atoms with Crippen molar-refractivity contribution < 1.29 is 17.6 Å². The van der Waals surface area contributed by atoms with Crippen LogP contribution in [0.25, 0.3) is 0 Å². The summed E-state index contributed by atoms with van der Waals surface area (Å²) in [6, 6.07) is 3.64. The summed E-state index contributed by atoms with van der Waals surface area (Å²) in [5.74, 6) is -5.91. The van der Waals surface area contributed by atoms with Crippen LogP contribution in [-0.4, -0.2) is 23.7 Å². The largest absolute Gasteiger partial charge is 0.299 e. The number of rotatable bonds is 7. The zero-order valence-corrected chi connectivity index (χ0v) is 18.5. The quantitative estimate of drug-likeness (QED) is 0.338. The van der Waals surface area contributed by atoms with E-state index in [9.17, 15) is 17.6 Å². The molecule has 1 aromatic carbocycles. The Morgan fingerprint density at radius 3 is 2.20 bits per heavy atom. The van der Waals surface area contributed by atoms with Crippen LogP contribution in [0.5, 0.6) is 0 Å². The molecule has 1 saturated heterocycles. The molecular weight excluding hydrogens is 392 g/mol. The summed E-state index contributed by atoms with van der Waals surface area (Å²) in [5, 5.41) is 0. The average Bonchev–Trinajstić information content (AvgIpc) is 2.61. The van der Waals surface area contributed by atoms with Crippen molar-refractivity contribution in [2.24, 2.45) is 10.9 Å². The molecule has 0 unspecified atom stereocenters. The van der Waals surface area contributed by atoms with Gasteiger partial charge in [-0.2, -0.15) is 0 Å². The number of alkyl halides is 4. The third kappa shape index (κ3) is 6.79. The number of hydrogen-bond acceptors (Lipinski definition) is 2. The molecular formula is C24H32F4N2. The topological polar surface area (TPSA) is 15.6 Å². The van der Waals surface area contributed by atoms with E-state index >= 15 is 0 Å². The number of hydrogen-bond donors (Lipinski definition) is 0. The van der Waals surface area contributed by atoms with Crippen molar-refractivity contribution in [2.75, 3.05) is 13.1 Å². The first kappa shape index (κ1) is 24.3. The monoisotopic (exact) mass is 424 g/mol. The molecule has 0 radical (unpaired) electrons. The molecule has 1 aromatic rings. The Morgan fingerprint density at radius 2 is 1.70 bits per heavy atom. The highest BCUT2D eigenvalue weighted by atomic mass is 19.3. The minimum absolute atomic E-state index is 0.314. The van der Waals surface area contributed by atoms with Gasteiger partial charge in [0.15, 0.2) is 0 Å². The fourth-order valence-electron chi connectivity index (χ4n) is 3.76. The number of aliphatic imine (C=N–C) groups is 1. The zero-order valence-electron chi connectivity index (χ0n) is 18.5. The fourth-order valence-corrected chi connectivity index (χ4v) is 3.76. The van der Waals surface area contributed by atoms with Crippen molar-refractivity contribution in [3.63, 3.8) is 0 Å². The third-order valence-corrected chi connectivity index (χ3v) is 5.53. The van der Waals surface area contributed by atoms with Gasteiger partial charge in [0.2, 0.25) is 0 Å². The zero-order chi connectivity index (χ0) is 22.7. The van der Waals surface area contributed by atoms with Gasteiger partial charge < -0.3 is 0 Å². The van der Waals surface area contributed by atoms with E-state index in [1.165, 1.54) is 12.1 Å². The van der Waals surface area contributed by atoms with Crippen molar-refractivity contribution in [3.05, 3.63) is 58.8 Å². The van der Waals surface area contributed by atoms with Gasteiger partial charge in [-0.1, -0.05) is 24.8 Å². The Bertz CT molecular complexity index is 821. The lowest BCUT2D eigenvalue weighted by atomic mass is 9.92. The van der Waals surface area contributed by atoms with Crippen molar-refractivity contribution in [3.8, 4) is 0 Å². The maximum atomic E-state index is 14.1. The van der Waals surface area contributed by atoms with Gasteiger partial charge in [0, 0.05) is 42.9 Å². The number of allylic oxidation sites excluding steroid dienone is 3. The molecule has 2 rings (SSSR count). The lowest BCUT2D eigenvalue weighted by Crippen LogP contribution is -2.33. The van der Waals surface area contributed by atoms with Crippen LogP contribution >= 0.6 is 0 Å². The highest BCUT2D eigenvalue weighted by Crippen LogP contribution is 2.36. The summed E-state index contributed by atoms with van der Waals surface area (Å²) in [6.45, 7) is 13.0. The summed E-state index contributed by atoms with van der Waals surface area (Å²) in [7, 11) is 0. The van der Waals surface area contributed by atoms with Crippen molar-refractivity contribution in [1.82, 2.24) is 4.90 Å². The molecule has 166 valence electrons. The minimum atomic E-state index is -3.17. The second-order valence-electron chi connectivity index (χ2n) is 8.54. The number of halogens is 4. The Morgan fingerprint density at radius 1 is 1.10 bits per heavy atom. The number of likely N-dealkylation sites (tertiary alicyclic amines) is 1. The highest BCUT2D eigenvalue weighted by Gasteiger charge is 2.32. The first-order chi connectivity index (χ1) is 13.8. The number of piperidine rings is 1. The maximum absolute atomic E-state index is 14.1.